The van der Waals surface area contributed by atoms with Crippen LogP contribution in [0, 0.1) is 0 Å². The van der Waals surface area contributed by atoms with Gasteiger partial charge in [-0.2, -0.15) is 0 Å². The minimum atomic E-state index is 0.173. The van der Waals surface area contributed by atoms with Gasteiger partial charge in [-0.3, -0.25) is 4.79 Å². The Kier molecular flexibility index (Phi) is 5.19. The third-order valence-electron chi connectivity index (χ3n) is 4.47. The molecule has 2 heterocycles. The topological polar surface area (TPSA) is 42.4 Å². The van der Waals surface area contributed by atoms with Crippen LogP contribution in [-0.2, 0) is 11.2 Å². The third kappa shape index (κ3) is 3.61. The monoisotopic (exact) mass is 344 g/mol. The van der Waals surface area contributed by atoms with Crippen molar-refractivity contribution in [3.63, 3.8) is 0 Å². The van der Waals surface area contributed by atoms with Crippen LogP contribution in [0.5, 0.6) is 5.75 Å². The molecular weight excluding hydrogens is 320 g/mol. The van der Waals surface area contributed by atoms with Gasteiger partial charge in [-0.25, -0.2) is 4.98 Å². The molecule has 1 aliphatic heterocycles. The fourth-order valence-electron chi connectivity index (χ4n) is 3.16. The summed E-state index contributed by atoms with van der Waals surface area (Å²) in [6.07, 6.45) is 2.47. The van der Waals surface area contributed by atoms with Crippen molar-refractivity contribution in [2.24, 2.45) is 0 Å². The van der Waals surface area contributed by atoms with E-state index in [9.17, 15) is 4.79 Å². The van der Waals surface area contributed by atoms with Crippen molar-refractivity contribution in [2.75, 3.05) is 13.7 Å². The number of hydrogen-bond acceptors (Lipinski definition) is 4. The zero-order valence-corrected chi connectivity index (χ0v) is 15.3. The molecule has 0 radical (unpaired) electrons. The molecule has 1 saturated heterocycles. The van der Waals surface area contributed by atoms with Gasteiger partial charge in [-0.15, -0.1) is 11.3 Å². The van der Waals surface area contributed by atoms with Gasteiger partial charge in [0.15, 0.2) is 0 Å². The van der Waals surface area contributed by atoms with E-state index in [1.807, 2.05) is 22.4 Å². The average molecular weight is 344 g/mol. The maximum Gasteiger partial charge on any atom is 0.229 e. The number of carbonyl (C=O) groups is 1. The summed E-state index contributed by atoms with van der Waals surface area (Å²) in [5, 5.41) is 3.12. The lowest BCUT2D eigenvalue weighted by molar-refractivity contribution is -0.131. The molecule has 1 aliphatic rings. The van der Waals surface area contributed by atoms with Gasteiger partial charge in [0.25, 0.3) is 0 Å². The fourth-order valence-corrected chi connectivity index (χ4v) is 4.00. The molecular formula is C19H24N2O2S. The number of aromatic nitrogens is 1. The second-order valence-electron chi connectivity index (χ2n) is 6.53. The summed E-state index contributed by atoms with van der Waals surface area (Å²) in [6, 6.07) is 8.23. The first kappa shape index (κ1) is 17.0. The molecule has 5 heteroatoms. The normalized spacial score (nSPS) is 17.5. The van der Waals surface area contributed by atoms with E-state index in [0.29, 0.717) is 12.3 Å². The van der Waals surface area contributed by atoms with E-state index in [0.717, 1.165) is 35.8 Å². The standard InChI is InChI=1S/C19H24N2O2S/c1-13(2)19-20-15(12-24-19)11-18(22)21-10-4-5-17(21)14-6-8-16(23-3)9-7-14/h6-9,12-13,17H,4-5,10-11H2,1-3H3/t17-/m1/s1. The predicted octanol–water partition coefficient (Wildman–Crippen LogP) is 4.18. The van der Waals surface area contributed by atoms with Gasteiger partial charge in [0.1, 0.15) is 5.75 Å². The minimum absolute atomic E-state index is 0.173. The SMILES string of the molecule is COc1ccc([C@H]2CCCN2C(=O)Cc2csc(C(C)C)n2)cc1. The number of benzene rings is 1. The molecule has 4 nitrogen and oxygen atoms in total. The van der Waals surface area contributed by atoms with Crippen LogP contribution in [0.2, 0.25) is 0 Å². The van der Waals surface area contributed by atoms with Gasteiger partial charge in [0, 0.05) is 17.8 Å². The number of hydrogen-bond donors (Lipinski definition) is 0. The van der Waals surface area contributed by atoms with Crippen molar-refractivity contribution in [3.05, 3.63) is 45.9 Å². The molecule has 128 valence electrons. The van der Waals surface area contributed by atoms with E-state index < -0.39 is 0 Å². The molecule has 1 amide bonds. The van der Waals surface area contributed by atoms with E-state index in [2.05, 4.69) is 31.0 Å². The largest absolute Gasteiger partial charge is 0.497 e. The lowest BCUT2D eigenvalue weighted by Crippen LogP contribution is -2.31. The number of carbonyl (C=O) groups excluding carboxylic acids is 1. The number of methoxy groups -OCH3 is 1. The van der Waals surface area contributed by atoms with Crippen molar-refractivity contribution < 1.29 is 9.53 Å². The summed E-state index contributed by atoms with van der Waals surface area (Å²) < 4.78 is 5.22. The highest BCUT2D eigenvalue weighted by atomic mass is 32.1. The van der Waals surface area contributed by atoms with E-state index in [4.69, 9.17) is 4.74 Å². The molecule has 0 unspecified atom stereocenters. The van der Waals surface area contributed by atoms with Crippen molar-refractivity contribution >= 4 is 17.2 Å². The number of ether oxygens (including phenoxy) is 1. The van der Waals surface area contributed by atoms with Gasteiger partial charge < -0.3 is 9.64 Å². The second-order valence-corrected chi connectivity index (χ2v) is 7.42. The first-order valence-electron chi connectivity index (χ1n) is 8.46. The fraction of sp³-hybridized carbons (Fsp3) is 0.474. The lowest BCUT2D eigenvalue weighted by Gasteiger charge is -2.25. The van der Waals surface area contributed by atoms with E-state index in [1.165, 1.54) is 5.56 Å². The Labute approximate surface area is 147 Å². The number of thiazole rings is 1. The van der Waals surface area contributed by atoms with Gasteiger partial charge in [-0.05, 0) is 30.5 Å². The van der Waals surface area contributed by atoms with Crippen LogP contribution >= 0.6 is 11.3 Å². The average Bonchev–Trinajstić information content (AvgIpc) is 3.24. The molecule has 1 fully saturated rings. The van der Waals surface area contributed by atoms with Crippen molar-refractivity contribution in [1.29, 1.82) is 0 Å². The summed E-state index contributed by atoms with van der Waals surface area (Å²) in [5.74, 6) is 1.44. The number of nitrogens with zero attached hydrogens (tertiary/aromatic N) is 2. The number of rotatable bonds is 5. The maximum absolute atomic E-state index is 12.8. The number of likely N-dealkylation sites (tertiary alicyclic amines) is 1. The third-order valence-corrected chi connectivity index (χ3v) is 5.66. The molecule has 0 N–H and O–H groups in total. The molecule has 1 aromatic heterocycles. The van der Waals surface area contributed by atoms with Crippen LogP contribution in [0.25, 0.3) is 0 Å². The quantitative estimate of drug-likeness (QED) is 0.817. The van der Waals surface area contributed by atoms with Crippen LogP contribution in [0.1, 0.15) is 54.9 Å². The molecule has 2 aromatic rings. The molecule has 0 aliphatic carbocycles. The van der Waals surface area contributed by atoms with Crippen LogP contribution in [0.4, 0.5) is 0 Å². The highest BCUT2D eigenvalue weighted by Crippen LogP contribution is 2.33. The van der Waals surface area contributed by atoms with Crippen LogP contribution in [0.3, 0.4) is 0 Å². The van der Waals surface area contributed by atoms with Crippen LogP contribution in [-0.4, -0.2) is 29.4 Å². The zero-order chi connectivity index (χ0) is 17.1. The van der Waals surface area contributed by atoms with Crippen LogP contribution < -0.4 is 4.74 Å². The summed E-state index contributed by atoms with van der Waals surface area (Å²) >= 11 is 1.65. The highest BCUT2D eigenvalue weighted by molar-refractivity contribution is 7.09. The molecule has 3 rings (SSSR count). The second kappa shape index (κ2) is 7.34. The summed E-state index contributed by atoms with van der Waals surface area (Å²) in [7, 11) is 1.67. The van der Waals surface area contributed by atoms with Crippen LogP contribution in [0.15, 0.2) is 29.6 Å². The minimum Gasteiger partial charge on any atom is -0.497 e. The van der Waals surface area contributed by atoms with E-state index >= 15 is 0 Å². The van der Waals surface area contributed by atoms with Crippen molar-refractivity contribution in [1.82, 2.24) is 9.88 Å². The van der Waals surface area contributed by atoms with Gasteiger partial charge in [-0.1, -0.05) is 26.0 Å². The Morgan fingerprint density at radius 2 is 2.12 bits per heavy atom. The molecule has 1 atom stereocenters. The molecule has 0 bridgehead atoms. The van der Waals surface area contributed by atoms with E-state index in [1.54, 1.807) is 18.4 Å². The molecule has 0 saturated carbocycles. The van der Waals surface area contributed by atoms with Gasteiger partial charge in [0.05, 0.1) is 30.3 Å². The highest BCUT2D eigenvalue weighted by Gasteiger charge is 2.30. The van der Waals surface area contributed by atoms with E-state index in [-0.39, 0.29) is 11.9 Å². The van der Waals surface area contributed by atoms with Crippen molar-refractivity contribution in [2.45, 2.75) is 45.1 Å². The van der Waals surface area contributed by atoms with Gasteiger partial charge in [0.2, 0.25) is 5.91 Å². The Morgan fingerprint density at radius 3 is 2.75 bits per heavy atom. The summed E-state index contributed by atoms with van der Waals surface area (Å²) in [4.78, 5) is 19.4. The molecule has 24 heavy (non-hydrogen) atoms. The maximum atomic E-state index is 12.8. The first-order chi connectivity index (χ1) is 11.6. The predicted molar refractivity (Wildman–Crippen MR) is 96.6 cm³/mol. The smallest absolute Gasteiger partial charge is 0.229 e. The molecule has 1 aromatic carbocycles. The Balaban J connectivity index is 1.70. The Morgan fingerprint density at radius 1 is 1.38 bits per heavy atom. The van der Waals surface area contributed by atoms with Crippen molar-refractivity contribution in [3.8, 4) is 5.75 Å². The zero-order valence-electron chi connectivity index (χ0n) is 14.5. The van der Waals surface area contributed by atoms with Gasteiger partial charge >= 0.3 is 0 Å². The molecule has 0 spiro atoms. The Hall–Kier alpha value is -1.88. The Bertz CT molecular complexity index is 694. The summed E-state index contributed by atoms with van der Waals surface area (Å²) in [6.45, 7) is 5.09. The number of amides is 1. The summed E-state index contributed by atoms with van der Waals surface area (Å²) in [5.41, 5.74) is 2.08. The first-order valence-corrected chi connectivity index (χ1v) is 9.34. The lowest BCUT2D eigenvalue weighted by atomic mass is 10.0.